The summed E-state index contributed by atoms with van der Waals surface area (Å²) in [7, 11) is 4.07. The maximum Gasteiger partial charge on any atom is 0.407 e. The van der Waals surface area contributed by atoms with Crippen LogP contribution in [0.25, 0.3) is 0 Å². The molecule has 1 saturated heterocycles. The minimum absolute atomic E-state index is 0.000239. The third-order valence-electron chi connectivity index (χ3n) is 4.05. The van der Waals surface area contributed by atoms with Crippen LogP contribution in [0.1, 0.15) is 36.9 Å². The van der Waals surface area contributed by atoms with Crippen molar-refractivity contribution in [2.75, 3.05) is 33.7 Å². The molecule has 0 spiro atoms. The zero-order chi connectivity index (χ0) is 15.4. The number of piperidine rings is 1. The molecule has 2 heterocycles. The molecule has 1 fully saturated rings. The smallest absolute Gasteiger partial charge is 0.407 e. The molecule has 1 aromatic heterocycles. The monoisotopic (exact) mass is 295 g/mol. The van der Waals surface area contributed by atoms with Gasteiger partial charge in [0.1, 0.15) is 0 Å². The number of aromatic nitrogens is 2. The Morgan fingerprint density at radius 2 is 2.19 bits per heavy atom. The van der Waals surface area contributed by atoms with Gasteiger partial charge in [-0.2, -0.15) is 5.10 Å². The fourth-order valence-electron chi connectivity index (χ4n) is 2.63. The summed E-state index contributed by atoms with van der Waals surface area (Å²) in [4.78, 5) is 14.5. The van der Waals surface area contributed by atoms with Gasteiger partial charge < -0.3 is 20.6 Å². The van der Waals surface area contributed by atoms with Gasteiger partial charge >= 0.3 is 6.09 Å². The third-order valence-corrected chi connectivity index (χ3v) is 4.05. The number of rotatable bonds is 5. The molecule has 1 aromatic rings. The minimum Gasteiger partial charge on any atom is -0.465 e. The van der Waals surface area contributed by atoms with Crippen molar-refractivity contribution in [3.05, 3.63) is 18.0 Å². The van der Waals surface area contributed by atoms with Gasteiger partial charge in [0.15, 0.2) is 0 Å². The Bertz CT molecular complexity index is 466. The molecular formula is C14H25N5O2. The van der Waals surface area contributed by atoms with Gasteiger partial charge in [-0.15, -0.1) is 0 Å². The second kappa shape index (κ2) is 6.91. The second-order valence-corrected chi connectivity index (χ2v) is 5.95. The van der Waals surface area contributed by atoms with E-state index < -0.39 is 6.09 Å². The van der Waals surface area contributed by atoms with Crippen molar-refractivity contribution in [2.24, 2.45) is 5.73 Å². The van der Waals surface area contributed by atoms with E-state index in [9.17, 15) is 4.79 Å². The minimum atomic E-state index is -0.833. The van der Waals surface area contributed by atoms with Gasteiger partial charge in [0.2, 0.25) is 0 Å². The van der Waals surface area contributed by atoms with Crippen LogP contribution in [0.2, 0.25) is 0 Å². The first-order valence-corrected chi connectivity index (χ1v) is 7.39. The summed E-state index contributed by atoms with van der Waals surface area (Å²) in [6.07, 6.45) is 5.53. The van der Waals surface area contributed by atoms with Crippen LogP contribution < -0.4 is 5.73 Å². The van der Waals surface area contributed by atoms with Crippen molar-refractivity contribution >= 4 is 6.09 Å². The fourth-order valence-corrected chi connectivity index (χ4v) is 2.63. The van der Waals surface area contributed by atoms with E-state index in [1.165, 1.54) is 4.90 Å². The lowest BCUT2D eigenvalue weighted by Crippen LogP contribution is -2.38. The maximum absolute atomic E-state index is 10.9. The summed E-state index contributed by atoms with van der Waals surface area (Å²) in [5.41, 5.74) is 7.24. The lowest BCUT2D eigenvalue weighted by molar-refractivity contribution is 0.124. The number of carboxylic acid groups (broad SMARTS) is 1. The lowest BCUT2D eigenvalue weighted by Gasteiger charge is -2.30. The van der Waals surface area contributed by atoms with Crippen LogP contribution in [0.5, 0.6) is 0 Å². The number of likely N-dealkylation sites (tertiary alicyclic amines) is 1. The van der Waals surface area contributed by atoms with Crippen LogP contribution in [0.3, 0.4) is 0 Å². The molecule has 0 radical (unpaired) electrons. The van der Waals surface area contributed by atoms with Gasteiger partial charge in [0.25, 0.3) is 0 Å². The van der Waals surface area contributed by atoms with Crippen molar-refractivity contribution in [2.45, 2.75) is 31.3 Å². The molecule has 0 aliphatic carbocycles. The Balaban J connectivity index is 1.90. The Kier molecular flexibility index (Phi) is 5.19. The Labute approximate surface area is 125 Å². The molecule has 0 aromatic carbocycles. The van der Waals surface area contributed by atoms with Crippen LogP contribution in [0.15, 0.2) is 12.4 Å². The summed E-state index contributed by atoms with van der Waals surface area (Å²) in [5, 5.41) is 13.4. The van der Waals surface area contributed by atoms with Crippen molar-refractivity contribution in [1.82, 2.24) is 19.6 Å². The van der Waals surface area contributed by atoms with Crippen molar-refractivity contribution in [1.29, 1.82) is 0 Å². The summed E-state index contributed by atoms with van der Waals surface area (Å²) in [6, 6.07) is 0.274. The van der Waals surface area contributed by atoms with Crippen LogP contribution >= 0.6 is 0 Å². The molecular weight excluding hydrogens is 270 g/mol. The van der Waals surface area contributed by atoms with E-state index in [0.717, 1.165) is 31.4 Å². The fraction of sp³-hybridized carbons (Fsp3) is 0.714. The maximum atomic E-state index is 10.9. The molecule has 1 aliphatic rings. The van der Waals surface area contributed by atoms with E-state index in [1.54, 1.807) is 0 Å². The Morgan fingerprint density at radius 3 is 2.76 bits per heavy atom. The summed E-state index contributed by atoms with van der Waals surface area (Å²) >= 11 is 0. The second-order valence-electron chi connectivity index (χ2n) is 5.95. The van der Waals surface area contributed by atoms with Crippen LogP contribution in [0, 0.1) is 0 Å². The predicted octanol–water partition coefficient (Wildman–Crippen LogP) is 1.15. The number of hydrogen-bond acceptors (Lipinski definition) is 4. The normalized spacial score (nSPS) is 18.2. The van der Waals surface area contributed by atoms with Crippen molar-refractivity contribution in [3.8, 4) is 0 Å². The van der Waals surface area contributed by atoms with Crippen molar-refractivity contribution < 1.29 is 9.90 Å². The van der Waals surface area contributed by atoms with E-state index in [4.69, 9.17) is 10.8 Å². The molecule has 21 heavy (non-hydrogen) atoms. The highest BCUT2D eigenvalue weighted by Crippen LogP contribution is 2.23. The third kappa shape index (κ3) is 4.18. The quantitative estimate of drug-likeness (QED) is 0.851. The average molecular weight is 295 g/mol. The van der Waals surface area contributed by atoms with Gasteiger partial charge in [-0.1, -0.05) is 0 Å². The molecule has 2 rings (SSSR count). The van der Waals surface area contributed by atoms with E-state index in [0.29, 0.717) is 13.1 Å². The zero-order valence-corrected chi connectivity index (χ0v) is 12.8. The molecule has 1 unspecified atom stereocenters. The standard InChI is InChI=1S/C14H25N5O2/c1-17(2)6-5-13(15)11-9-16-19(10-11)12-3-7-18(8-4-12)14(20)21/h9-10,12-13H,3-8,15H2,1-2H3,(H,20,21). The summed E-state index contributed by atoms with van der Waals surface area (Å²) in [6.45, 7) is 2.09. The van der Waals surface area contributed by atoms with Gasteiger partial charge in [-0.25, -0.2) is 4.79 Å². The Hall–Kier alpha value is -1.60. The van der Waals surface area contributed by atoms with E-state index in [-0.39, 0.29) is 12.1 Å². The first-order valence-electron chi connectivity index (χ1n) is 7.39. The molecule has 1 atom stereocenters. The molecule has 3 N–H and O–H groups in total. The number of carbonyl (C=O) groups is 1. The molecule has 0 saturated carbocycles. The number of nitrogens with two attached hydrogens (primary N) is 1. The van der Waals surface area contributed by atoms with Gasteiger partial charge in [0.05, 0.1) is 12.2 Å². The molecule has 1 aliphatic heterocycles. The average Bonchev–Trinajstić information content (AvgIpc) is 2.94. The van der Waals surface area contributed by atoms with Gasteiger partial charge in [-0.3, -0.25) is 4.68 Å². The van der Waals surface area contributed by atoms with Crippen LogP contribution in [0.4, 0.5) is 4.79 Å². The highest BCUT2D eigenvalue weighted by atomic mass is 16.4. The van der Waals surface area contributed by atoms with E-state index in [2.05, 4.69) is 10.00 Å². The highest BCUT2D eigenvalue weighted by Gasteiger charge is 2.24. The Morgan fingerprint density at radius 1 is 1.52 bits per heavy atom. The first kappa shape index (κ1) is 15.8. The van der Waals surface area contributed by atoms with E-state index in [1.807, 2.05) is 31.2 Å². The first-order chi connectivity index (χ1) is 9.97. The molecule has 7 heteroatoms. The van der Waals surface area contributed by atoms with Crippen molar-refractivity contribution in [3.63, 3.8) is 0 Å². The number of hydrogen-bond donors (Lipinski definition) is 2. The SMILES string of the molecule is CN(C)CCC(N)c1cnn(C2CCN(C(=O)O)CC2)c1. The van der Waals surface area contributed by atoms with Crippen LogP contribution in [-0.4, -0.2) is 64.5 Å². The molecule has 1 amide bonds. The zero-order valence-electron chi connectivity index (χ0n) is 12.8. The molecule has 7 nitrogen and oxygen atoms in total. The summed E-state index contributed by atoms with van der Waals surface area (Å²) in [5.74, 6) is 0. The topological polar surface area (TPSA) is 87.6 Å². The summed E-state index contributed by atoms with van der Waals surface area (Å²) < 4.78 is 1.95. The number of amides is 1. The van der Waals surface area contributed by atoms with Gasteiger partial charge in [0, 0.05) is 30.9 Å². The van der Waals surface area contributed by atoms with E-state index >= 15 is 0 Å². The lowest BCUT2D eigenvalue weighted by atomic mass is 10.1. The van der Waals surface area contributed by atoms with Crippen LogP contribution in [-0.2, 0) is 0 Å². The molecule has 0 bridgehead atoms. The highest BCUT2D eigenvalue weighted by molar-refractivity contribution is 5.64. The predicted molar refractivity (Wildman–Crippen MR) is 80.2 cm³/mol. The number of nitrogens with zero attached hydrogens (tertiary/aromatic N) is 4. The molecule has 118 valence electrons. The largest absolute Gasteiger partial charge is 0.465 e. The van der Waals surface area contributed by atoms with Gasteiger partial charge in [-0.05, 0) is 39.9 Å².